The van der Waals surface area contributed by atoms with Crippen molar-refractivity contribution in [3.63, 3.8) is 0 Å². The van der Waals surface area contributed by atoms with E-state index in [9.17, 15) is 9.59 Å². The normalized spacial score (nSPS) is 35.9. The monoisotopic (exact) mass is 222 g/mol. The minimum Gasteiger partial charge on any atom is -0.468 e. The van der Waals surface area contributed by atoms with Crippen LogP contribution in [0, 0.1) is 16.7 Å². The van der Waals surface area contributed by atoms with Crippen molar-refractivity contribution < 1.29 is 14.3 Å². The zero-order chi connectivity index (χ0) is 12.0. The molecule has 0 aromatic rings. The zero-order valence-corrected chi connectivity index (χ0v) is 10.1. The smallest absolute Gasteiger partial charge is 0.320 e. The number of hydrogen-bond donors (Lipinski definition) is 0. The molecular formula is C13H18O3. The summed E-state index contributed by atoms with van der Waals surface area (Å²) in [4.78, 5) is 24.4. The Hall–Kier alpha value is -1.12. The number of ketones is 1. The second-order valence-corrected chi connectivity index (χ2v) is 5.42. The molecule has 0 aromatic heterocycles. The van der Waals surface area contributed by atoms with Gasteiger partial charge in [0.1, 0.15) is 5.41 Å². The molecule has 2 atom stereocenters. The van der Waals surface area contributed by atoms with Crippen LogP contribution in [0.15, 0.2) is 12.2 Å². The SMILES string of the molecule is COC(=O)[C@@]12CC=C[C@@H](CCC1(C)C)C2=O. The quantitative estimate of drug-likeness (QED) is 0.388. The third kappa shape index (κ3) is 1.20. The Morgan fingerprint density at radius 3 is 2.81 bits per heavy atom. The third-order valence-electron chi connectivity index (χ3n) is 4.32. The number of allylic oxidation sites excluding steroid dienone is 2. The van der Waals surface area contributed by atoms with Crippen molar-refractivity contribution in [1.82, 2.24) is 0 Å². The van der Waals surface area contributed by atoms with Gasteiger partial charge in [-0.2, -0.15) is 0 Å². The zero-order valence-electron chi connectivity index (χ0n) is 10.1. The fraction of sp³-hybridized carbons (Fsp3) is 0.692. The summed E-state index contributed by atoms with van der Waals surface area (Å²) in [6.07, 6.45) is 6.13. The molecule has 2 rings (SSSR count). The highest BCUT2D eigenvalue weighted by Gasteiger charge is 2.61. The molecule has 0 saturated heterocycles. The molecule has 16 heavy (non-hydrogen) atoms. The van der Waals surface area contributed by atoms with Gasteiger partial charge in [0.05, 0.1) is 7.11 Å². The van der Waals surface area contributed by atoms with Crippen LogP contribution < -0.4 is 0 Å². The Kier molecular flexibility index (Phi) is 2.44. The number of methoxy groups -OCH3 is 1. The first-order valence-electron chi connectivity index (χ1n) is 5.75. The van der Waals surface area contributed by atoms with Gasteiger partial charge in [-0.25, -0.2) is 0 Å². The molecule has 2 aliphatic rings. The fourth-order valence-electron chi connectivity index (χ4n) is 3.11. The summed E-state index contributed by atoms with van der Waals surface area (Å²) in [6.45, 7) is 3.99. The molecule has 3 heteroatoms. The van der Waals surface area contributed by atoms with Crippen molar-refractivity contribution in [3.05, 3.63) is 12.2 Å². The third-order valence-corrected chi connectivity index (χ3v) is 4.32. The lowest BCUT2D eigenvalue weighted by Gasteiger charge is -2.49. The molecule has 2 bridgehead atoms. The fourth-order valence-corrected chi connectivity index (χ4v) is 3.11. The maximum atomic E-state index is 12.4. The Balaban J connectivity index is 2.54. The molecule has 0 spiro atoms. The molecule has 0 radical (unpaired) electrons. The Morgan fingerprint density at radius 1 is 1.50 bits per heavy atom. The Labute approximate surface area is 95.9 Å². The summed E-state index contributed by atoms with van der Waals surface area (Å²) in [5.41, 5.74) is -1.25. The Bertz CT molecular complexity index is 367. The Morgan fingerprint density at radius 2 is 2.19 bits per heavy atom. The second-order valence-electron chi connectivity index (χ2n) is 5.42. The predicted molar refractivity (Wildman–Crippen MR) is 59.7 cm³/mol. The number of carbonyl (C=O) groups excluding carboxylic acids is 2. The maximum Gasteiger partial charge on any atom is 0.320 e. The van der Waals surface area contributed by atoms with Gasteiger partial charge in [-0.3, -0.25) is 9.59 Å². The standard InChI is InChI=1S/C13H18O3/c1-12(2)8-6-9-5-4-7-13(12,10(9)14)11(15)16-3/h4-5,9H,6-8H2,1-3H3/t9-,13-/m0/s1. The highest BCUT2D eigenvalue weighted by atomic mass is 16.5. The van der Waals surface area contributed by atoms with Crippen molar-refractivity contribution in [2.75, 3.05) is 7.11 Å². The summed E-state index contributed by atoms with van der Waals surface area (Å²) in [6, 6.07) is 0. The molecule has 0 aromatic carbocycles. The minimum atomic E-state index is -0.945. The van der Waals surface area contributed by atoms with Crippen molar-refractivity contribution in [2.45, 2.75) is 33.1 Å². The molecule has 1 fully saturated rings. The number of esters is 1. The van der Waals surface area contributed by atoms with E-state index in [1.807, 2.05) is 26.0 Å². The van der Waals surface area contributed by atoms with Crippen LogP contribution in [0.4, 0.5) is 0 Å². The minimum absolute atomic E-state index is 0.0538. The molecule has 1 saturated carbocycles. The van der Waals surface area contributed by atoms with Gasteiger partial charge < -0.3 is 4.74 Å². The van der Waals surface area contributed by atoms with Crippen LogP contribution >= 0.6 is 0 Å². The van der Waals surface area contributed by atoms with E-state index in [0.717, 1.165) is 12.8 Å². The highest BCUT2D eigenvalue weighted by molar-refractivity contribution is 6.07. The van der Waals surface area contributed by atoms with Crippen LogP contribution in [0.5, 0.6) is 0 Å². The van der Waals surface area contributed by atoms with Gasteiger partial charge in [-0.1, -0.05) is 26.0 Å². The average Bonchev–Trinajstić information content (AvgIpc) is 2.24. The maximum absolute atomic E-state index is 12.4. The van der Waals surface area contributed by atoms with Gasteiger partial charge in [0.2, 0.25) is 0 Å². The first-order chi connectivity index (χ1) is 7.45. The van der Waals surface area contributed by atoms with Gasteiger partial charge in [-0.15, -0.1) is 0 Å². The van der Waals surface area contributed by atoms with E-state index in [0.29, 0.717) is 6.42 Å². The van der Waals surface area contributed by atoms with Crippen molar-refractivity contribution in [3.8, 4) is 0 Å². The van der Waals surface area contributed by atoms with Crippen LogP contribution in [-0.4, -0.2) is 18.9 Å². The van der Waals surface area contributed by atoms with Crippen LogP contribution in [0.1, 0.15) is 33.1 Å². The van der Waals surface area contributed by atoms with Crippen LogP contribution in [0.2, 0.25) is 0 Å². The summed E-state index contributed by atoms with van der Waals surface area (Å²) in [5.74, 6) is -0.393. The van der Waals surface area contributed by atoms with Crippen molar-refractivity contribution in [2.24, 2.45) is 16.7 Å². The van der Waals surface area contributed by atoms with E-state index in [2.05, 4.69) is 0 Å². The summed E-state index contributed by atoms with van der Waals surface area (Å²) in [5, 5.41) is 0. The van der Waals surface area contributed by atoms with Gasteiger partial charge in [0.15, 0.2) is 5.78 Å². The number of rotatable bonds is 1. The average molecular weight is 222 g/mol. The second kappa shape index (κ2) is 3.44. The molecular weight excluding hydrogens is 204 g/mol. The lowest BCUT2D eigenvalue weighted by Crippen LogP contribution is -2.57. The van der Waals surface area contributed by atoms with Gasteiger partial charge >= 0.3 is 5.97 Å². The first-order valence-corrected chi connectivity index (χ1v) is 5.75. The van der Waals surface area contributed by atoms with Crippen molar-refractivity contribution >= 4 is 11.8 Å². The lowest BCUT2D eigenvalue weighted by molar-refractivity contribution is -0.172. The summed E-state index contributed by atoms with van der Waals surface area (Å²) >= 11 is 0. The van der Waals surface area contributed by atoms with E-state index in [1.54, 1.807) is 0 Å². The van der Waals surface area contributed by atoms with Gasteiger partial charge in [0.25, 0.3) is 0 Å². The first kappa shape index (κ1) is 11.4. The molecule has 0 amide bonds. The largest absolute Gasteiger partial charge is 0.468 e. The van der Waals surface area contributed by atoms with Crippen LogP contribution in [0.3, 0.4) is 0 Å². The molecule has 88 valence electrons. The summed E-state index contributed by atoms with van der Waals surface area (Å²) in [7, 11) is 1.36. The molecule has 0 aliphatic heterocycles. The van der Waals surface area contributed by atoms with Crippen LogP contribution in [0.25, 0.3) is 0 Å². The van der Waals surface area contributed by atoms with E-state index in [4.69, 9.17) is 4.74 Å². The number of fused-ring (bicyclic) bond motifs is 2. The highest BCUT2D eigenvalue weighted by Crippen LogP contribution is 2.55. The number of hydrogen-bond acceptors (Lipinski definition) is 3. The van der Waals surface area contributed by atoms with Crippen molar-refractivity contribution in [1.29, 1.82) is 0 Å². The molecule has 3 nitrogen and oxygen atoms in total. The summed E-state index contributed by atoms with van der Waals surface area (Å²) < 4.78 is 4.88. The molecule has 0 heterocycles. The molecule has 0 N–H and O–H groups in total. The lowest BCUT2D eigenvalue weighted by atomic mass is 9.51. The van der Waals surface area contributed by atoms with E-state index in [-0.39, 0.29) is 23.1 Å². The van der Waals surface area contributed by atoms with Crippen LogP contribution in [-0.2, 0) is 14.3 Å². The number of carbonyl (C=O) groups is 2. The number of ether oxygens (including phenoxy) is 1. The topological polar surface area (TPSA) is 43.4 Å². The predicted octanol–water partition coefficient (Wildman–Crippen LogP) is 2.11. The number of Topliss-reactive ketones (excluding diaryl/α,β-unsaturated/α-hetero) is 1. The van der Waals surface area contributed by atoms with E-state index in [1.165, 1.54) is 7.11 Å². The van der Waals surface area contributed by atoms with Gasteiger partial charge in [0, 0.05) is 5.92 Å². The molecule has 2 aliphatic carbocycles. The van der Waals surface area contributed by atoms with E-state index < -0.39 is 5.41 Å². The van der Waals surface area contributed by atoms with Gasteiger partial charge in [-0.05, 0) is 24.7 Å². The van der Waals surface area contributed by atoms with E-state index >= 15 is 0 Å². The molecule has 0 unspecified atom stereocenters.